The minimum Gasteiger partial charge on any atom is -0.454 e. The zero-order valence-electron chi connectivity index (χ0n) is 12.1. The molecule has 114 valence electrons. The van der Waals surface area contributed by atoms with E-state index in [4.69, 9.17) is 4.74 Å². The number of nitro benzene ring substituents is 1. The third-order valence-electron chi connectivity index (χ3n) is 3.25. The number of rotatable bonds is 4. The van der Waals surface area contributed by atoms with Crippen molar-refractivity contribution in [2.24, 2.45) is 0 Å². The van der Waals surface area contributed by atoms with E-state index in [1.807, 2.05) is 0 Å². The fraction of sp³-hybridized carbons (Fsp3) is 0.188. The molecule has 0 fully saturated rings. The van der Waals surface area contributed by atoms with E-state index in [2.05, 4.69) is 0 Å². The molecule has 0 saturated heterocycles. The number of halogens is 1. The highest BCUT2D eigenvalue weighted by Crippen LogP contribution is 2.22. The molecule has 22 heavy (non-hydrogen) atoms. The summed E-state index contributed by atoms with van der Waals surface area (Å²) in [6.45, 7) is 3.22. The Hall–Kier alpha value is -2.76. The highest BCUT2D eigenvalue weighted by Gasteiger charge is 2.17. The minimum absolute atomic E-state index is 0.0527. The topological polar surface area (TPSA) is 69.4 Å². The van der Waals surface area contributed by atoms with Gasteiger partial charge in [0.15, 0.2) is 0 Å². The summed E-state index contributed by atoms with van der Waals surface area (Å²) in [5.74, 6) is -0.955. The Balaban J connectivity index is 2.13. The van der Waals surface area contributed by atoms with Crippen LogP contribution in [-0.4, -0.2) is 10.9 Å². The van der Waals surface area contributed by atoms with Crippen molar-refractivity contribution >= 4 is 11.7 Å². The van der Waals surface area contributed by atoms with Gasteiger partial charge in [-0.25, -0.2) is 9.18 Å². The standard InChI is InChI=1S/C16H14FNO4/c1-10-9-13(5-8-15(10)18(20)21)16(19)22-11(2)12-3-6-14(17)7-4-12/h3-9,11H,1-2H3/t11-/m1/s1. The van der Waals surface area contributed by atoms with E-state index >= 15 is 0 Å². The number of aryl methyl sites for hydroxylation is 1. The maximum absolute atomic E-state index is 12.9. The number of nitro groups is 1. The van der Waals surface area contributed by atoms with E-state index in [-0.39, 0.29) is 17.1 Å². The lowest BCUT2D eigenvalue weighted by atomic mass is 10.1. The summed E-state index contributed by atoms with van der Waals surface area (Å²) < 4.78 is 18.1. The van der Waals surface area contributed by atoms with E-state index in [0.717, 1.165) is 0 Å². The van der Waals surface area contributed by atoms with Crippen LogP contribution < -0.4 is 0 Å². The quantitative estimate of drug-likeness (QED) is 0.487. The lowest BCUT2D eigenvalue weighted by Gasteiger charge is -2.13. The summed E-state index contributed by atoms with van der Waals surface area (Å²) in [5.41, 5.74) is 1.22. The van der Waals surface area contributed by atoms with Gasteiger partial charge < -0.3 is 4.74 Å². The Kier molecular flexibility index (Phi) is 4.50. The molecule has 0 aromatic heterocycles. The summed E-state index contributed by atoms with van der Waals surface area (Å²) in [6.07, 6.45) is -0.552. The maximum Gasteiger partial charge on any atom is 0.338 e. The van der Waals surface area contributed by atoms with Gasteiger partial charge in [-0.05, 0) is 43.7 Å². The molecule has 6 heteroatoms. The van der Waals surface area contributed by atoms with Crippen LogP contribution in [-0.2, 0) is 4.74 Å². The smallest absolute Gasteiger partial charge is 0.338 e. The van der Waals surface area contributed by atoms with Crippen molar-refractivity contribution in [1.29, 1.82) is 0 Å². The van der Waals surface area contributed by atoms with Gasteiger partial charge in [0, 0.05) is 11.6 Å². The molecule has 2 aromatic rings. The molecule has 0 heterocycles. The van der Waals surface area contributed by atoms with Crippen molar-refractivity contribution in [3.05, 3.63) is 75.1 Å². The van der Waals surface area contributed by atoms with E-state index in [9.17, 15) is 19.3 Å². The molecule has 2 aromatic carbocycles. The first kappa shape index (κ1) is 15.6. The van der Waals surface area contributed by atoms with E-state index in [1.165, 1.54) is 42.5 Å². The van der Waals surface area contributed by atoms with Crippen molar-refractivity contribution in [3.8, 4) is 0 Å². The highest BCUT2D eigenvalue weighted by atomic mass is 19.1. The summed E-state index contributed by atoms with van der Waals surface area (Å²) in [7, 11) is 0. The number of nitrogens with zero attached hydrogens (tertiary/aromatic N) is 1. The van der Waals surface area contributed by atoms with Crippen molar-refractivity contribution in [1.82, 2.24) is 0 Å². The summed E-state index contributed by atoms with van der Waals surface area (Å²) in [6, 6.07) is 9.69. The van der Waals surface area contributed by atoms with Crippen LogP contribution in [0, 0.1) is 22.9 Å². The molecular formula is C16H14FNO4. The lowest BCUT2D eigenvalue weighted by molar-refractivity contribution is -0.385. The molecule has 0 N–H and O–H groups in total. The van der Waals surface area contributed by atoms with Crippen LogP contribution in [0.25, 0.3) is 0 Å². The zero-order chi connectivity index (χ0) is 16.3. The largest absolute Gasteiger partial charge is 0.454 e. The molecule has 0 aliphatic rings. The monoisotopic (exact) mass is 303 g/mol. The Bertz CT molecular complexity index is 713. The Labute approximate surface area is 126 Å². The minimum atomic E-state index is -0.588. The molecule has 0 amide bonds. The second kappa shape index (κ2) is 6.34. The van der Waals surface area contributed by atoms with Crippen LogP contribution in [0.1, 0.15) is 34.5 Å². The Morgan fingerprint density at radius 3 is 2.41 bits per heavy atom. The van der Waals surface area contributed by atoms with Crippen LogP contribution >= 0.6 is 0 Å². The molecule has 0 aliphatic heterocycles. The van der Waals surface area contributed by atoms with E-state index < -0.39 is 17.0 Å². The van der Waals surface area contributed by atoms with Gasteiger partial charge in [-0.1, -0.05) is 12.1 Å². The van der Waals surface area contributed by atoms with Crippen LogP contribution in [0.3, 0.4) is 0 Å². The van der Waals surface area contributed by atoms with Crippen molar-refractivity contribution in [2.45, 2.75) is 20.0 Å². The van der Waals surface area contributed by atoms with Crippen molar-refractivity contribution in [2.75, 3.05) is 0 Å². The first-order chi connectivity index (χ1) is 10.4. The SMILES string of the molecule is Cc1cc(C(=O)O[C@H](C)c2ccc(F)cc2)ccc1[N+](=O)[O-]. The second-order valence-electron chi connectivity index (χ2n) is 4.86. The molecule has 5 nitrogen and oxygen atoms in total. The number of ether oxygens (including phenoxy) is 1. The number of hydrogen-bond donors (Lipinski definition) is 0. The predicted octanol–water partition coefficient (Wildman–Crippen LogP) is 3.96. The Morgan fingerprint density at radius 1 is 1.23 bits per heavy atom. The molecule has 0 unspecified atom stereocenters. The normalized spacial score (nSPS) is 11.8. The van der Waals surface area contributed by atoms with Gasteiger partial charge in [0.25, 0.3) is 5.69 Å². The van der Waals surface area contributed by atoms with Gasteiger partial charge in [0.05, 0.1) is 10.5 Å². The Morgan fingerprint density at radius 2 is 1.86 bits per heavy atom. The average molecular weight is 303 g/mol. The van der Waals surface area contributed by atoms with Crippen LogP contribution in [0.5, 0.6) is 0 Å². The van der Waals surface area contributed by atoms with E-state index in [1.54, 1.807) is 13.8 Å². The summed E-state index contributed by atoms with van der Waals surface area (Å²) in [4.78, 5) is 22.3. The zero-order valence-corrected chi connectivity index (χ0v) is 12.1. The maximum atomic E-state index is 12.9. The molecule has 0 spiro atoms. The lowest BCUT2D eigenvalue weighted by Crippen LogP contribution is -2.09. The van der Waals surface area contributed by atoms with E-state index in [0.29, 0.717) is 11.1 Å². The fourth-order valence-corrected chi connectivity index (χ4v) is 2.02. The second-order valence-corrected chi connectivity index (χ2v) is 4.86. The van der Waals surface area contributed by atoms with Gasteiger partial charge >= 0.3 is 5.97 Å². The van der Waals surface area contributed by atoms with Gasteiger partial charge in [-0.15, -0.1) is 0 Å². The van der Waals surface area contributed by atoms with Gasteiger partial charge in [0.2, 0.25) is 0 Å². The molecule has 1 atom stereocenters. The molecule has 0 radical (unpaired) electrons. The molecule has 0 saturated carbocycles. The van der Waals surface area contributed by atoms with Crippen LogP contribution in [0.15, 0.2) is 42.5 Å². The van der Waals surface area contributed by atoms with Crippen LogP contribution in [0.2, 0.25) is 0 Å². The number of benzene rings is 2. The first-order valence-electron chi connectivity index (χ1n) is 6.60. The fourth-order valence-electron chi connectivity index (χ4n) is 2.02. The number of carbonyl (C=O) groups excluding carboxylic acids is 1. The van der Waals surface area contributed by atoms with Gasteiger partial charge in [-0.3, -0.25) is 10.1 Å². The van der Waals surface area contributed by atoms with Gasteiger partial charge in [-0.2, -0.15) is 0 Å². The molecular weight excluding hydrogens is 289 g/mol. The number of esters is 1. The third kappa shape index (κ3) is 3.46. The summed E-state index contributed by atoms with van der Waals surface area (Å²) >= 11 is 0. The van der Waals surface area contributed by atoms with Crippen molar-refractivity contribution in [3.63, 3.8) is 0 Å². The van der Waals surface area contributed by atoms with Crippen LogP contribution in [0.4, 0.5) is 10.1 Å². The van der Waals surface area contributed by atoms with Gasteiger partial charge in [0.1, 0.15) is 11.9 Å². The third-order valence-corrected chi connectivity index (χ3v) is 3.25. The van der Waals surface area contributed by atoms with Crippen molar-refractivity contribution < 1.29 is 18.8 Å². The average Bonchev–Trinajstić information content (AvgIpc) is 2.47. The highest BCUT2D eigenvalue weighted by molar-refractivity contribution is 5.90. The number of hydrogen-bond acceptors (Lipinski definition) is 4. The predicted molar refractivity (Wildman–Crippen MR) is 78.1 cm³/mol. The first-order valence-corrected chi connectivity index (χ1v) is 6.60. The number of carbonyl (C=O) groups is 1. The molecule has 0 aliphatic carbocycles. The summed E-state index contributed by atoms with van der Waals surface area (Å²) in [5, 5.41) is 10.8. The molecule has 0 bridgehead atoms. The molecule has 2 rings (SSSR count).